The van der Waals surface area contributed by atoms with E-state index in [9.17, 15) is 14.0 Å². The van der Waals surface area contributed by atoms with Crippen LogP contribution in [0.15, 0.2) is 77.7 Å². The number of nitrogens with zero attached hydrogens (tertiary/aromatic N) is 2. The van der Waals surface area contributed by atoms with Gasteiger partial charge in [-0.25, -0.2) is 9.37 Å². The fourth-order valence-electron chi connectivity index (χ4n) is 3.56. The van der Waals surface area contributed by atoms with Crippen molar-refractivity contribution in [3.05, 3.63) is 106 Å². The highest BCUT2D eigenvalue weighted by Crippen LogP contribution is 2.15. The molecule has 0 spiro atoms. The second-order valence-corrected chi connectivity index (χ2v) is 7.31. The normalized spacial score (nSPS) is 10.8. The number of ether oxygens (including phenoxy) is 1. The molecule has 0 aliphatic heterocycles. The predicted molar refractivity (Wildman–Crippen MR) is 121 cm³/mol. The van der Waals surface area contributed by atoms with E-state index in [2.05, 4.69) is 10.3 Å². The minimum atomic E-state index is -0.515. The van der Waals surface area contributed by atoms with Crippen LogP contribution in [-0.2, 0) is 13.0 Å². The molecule has 4 rings (SSSR count). The molecule has 0 saturated heterocycles. The fourth-order valence-corrected chi connectivity index (χ4v) is 3.56. The minimum Gasteiger partial charge on any atom is -0.497 e. The van der Waals surface area contributed by atoms with E-state index in [1.165, 1.54) is 16.7 Å². The first-order valence-electron chi connectivity index (χ1n) is 10.2. The van der Waals surface area contributed by atoms with Crippen LogP contribution in [0.5, 0.6) is 5.75 Å². The van der Waals surface area contributed by atoms with E-state index in [0.717, 1.165) is 11.3 Å². The van der Waals surface area contributed by atoms with Gasteiger partial charge in [0.05, 0.1) is 13.7 Å². The Morgan fingerprint density at radius 1 is 1.09 bits per heavy atom. The maximum atomic E-state index is 14.2. The topological polar surface area (TPSA) is 73.2 Å². The Hall–Kier alpha value is -4.00. The maximum absolute atomic E-state index is 14.2. The first-order valence-corrected chi connectivity index (χ1v) is 10.2. The summed E-state index contributed by atoms with van der Waals surface area (Å²) in [6.45, 7) is 0.327. The van der Waals surface area contributed by atoms with Gasteiger partial charge in [0.15, 0.2) is 0 Å². The third-order valence-electron chi connectivity index (χ3n) is 5.21. The van der Waals surface area contributed by atoms with E-state index in [4.69, 9.17) is 4.74 Å². The average molecular weight is 431 g/mol. The molecule has 162 valence electrons. The van der Waals surface area contributed by atoms with Crippen molar-refractivity contribution in [2.45, 2.75) is 13.0 Å². The lowest BCUT2D eigenvalue weighted by atomic mass is 10.1. The third-order valence-corrected chi connectivity index (χ3v) is 5.21. The molecular weight excluding hydrogens is 409 g/mol. The smallest absolute Gasteiger partial charge is 0.265 e. The second-order valence-electron chi connectivity index (χ2n) is 7.31. The van der Waals surface area contributed by atoms with Crippen molar-refractivity contribution < 1.29 is 13.9 Å². The van der Waals surface area contributed by atoms with E-state index < -0.39 is 17.3 Å². The highest BCUT2D eigenvalue weighted by Gasteiger charge is 2.17. The van der Waals surface area contributed by atoms with Gasteiger partial charge < -0.3 is 10.1 Å². The summed E-state index contributed by atoms with van der Waals surface area (Å²) in [5, 5.41) is 3.43. The number of fused-ring (bicyclic) bond motifs is 1. The van der Waals surface area contributed by atoms with Crippen molar-refractivity contribution in [1.82, 2.24) is 14.9 Å². The zero-order valence-corrected chi connectivity index (χ0v) is 17.5. The average Bonchev–Trinajstić information content (AvgIpc) is 2.82. The number of rotatable bonds is 7. The lowest BCUT2D eigenvalue weighted by Gasteiger charge is -2.13. The molecule has 2 heterocycles. The molecule has 0 radical (unpaired) electrons. The second kappa shape index (κ2) is 9.43. The number of aromatic nitrogens is 2. The number of hydrogen-bond donors (Lipinski definition) is 1. The van der Waals surface area contributed by atoms with Crippen LogP contribution < -0.4 is 15.6 Å². The van der Waals surface area contributed by atoms with Crippen molar-refractivity contribution in [2.24, 2.45) is 0 Å². The van der Waals surface area contributed by atoms with Gasteiger partial charge in [0, 0.05) is 23.7 Å². The maximum Gasteiger partial charge on any atom is 0.265 e. The lowest BCUT2D eigenvalue weighted by Crippen LogP contribution is -2.34. The number of halogens is 1. The van der Waals surface area contributed by atoms with Crippen LogP contribution in [0.4, 0.5) is 4.39 Å². The Kier molecular flexibility index (Phi) is 6.26. The van der Waals surface area contributed by atoms with Crippen LogP contribution >= 0.6 is 0 Å². The predicted octanol–water partition coefficient (Wildman–Crippen LogP) is 3.57. The fraction of sp³-hybridized carbons (Fsp3) is 0.160. The van der Waals surface area contributed by atoms with Gasteiger partial charge in [-0.15, -0.1) is 0 Å². The van der Waals surface area contributed by atoms with Crippen molar-refractivity contribution in [2.75, 3.05) is 13.7 Å². The van der Waals surface area contributed by atoms with E-state index in [1.54, 1.807) is 43.6 Å². The van der Waals surface area contributed by atoms with Gasteiger partial charge in [0.25, 0.3) is 11.5 Å². The van der Waals surface area contributed by atoms with Crippen molar-refractivity contribution in [3.63, 3.8) is 0 Å². The van der Waals surface area contributed by atoms with Crippen LogP contribution in [-0.4, -0.2) is 29.1 Å². The first kappa shape index (κ1) is 21.2. The number of methoxy groups -OCH3 is 1. The third kappa shape index (κ3) is 4.51. The zero-order chi connectivity index (χ0) is 22.5. The quantitative estimate of drug-likeness (QED) is 0.486. The van der Waals surface area contributed by atoms with E-state index in [1.807, 2.05) is 24.3 Å². The van der Waals surface area contributed by atoms with Gasteiger partial charge in [-0.1, -0.05) is 30.3 Å². The summed E-state index contributed by atoms with van der Waals surface area (Å²) in [5.41, 5.74) is 1.22. The van der Waals surface area contributed by atoms with E-state index in [0.29, 0.717) is 29.6 Å². The molecule has 6 nitrogen and oxygen atoms in total. The Bertz CT molecular complexity index is 1330. The van der Waals surface area contributed by atoms with Crippen LogP contribution in [0.1, 0.15) is 21.5 Å². The molecule has 0 aliphatic rings. The standard InChI is InChI=1S/C25H22FN3O3/c1-32-20-9-4-6-17(14-20)11-13-28-24(30)21-15-18-8-5-12-27-23(18)29(25(21)31)16-19-7-2-3-10-22(19)26/h2-10,12,14-15H,11,13,16H2,1H3,(H,28,30). The number of amides is 1. The molecular formula is C25H22FN3O3. The molecule has 1 N–H and O–H groups in total. The van der Waals surface area contributed by atoms with Gasteiger partial charge in [0.1, 0.15) is 22.8 Å². The molecule has 0 bridgehead atoms. The summed E-state index contributed by atoms with van der Waals surface area (Å²) in [4.78, 5) is 30.3. The van der Waals surface area contributed by atoms with Gasteiger partial charge >= 0.3 is 0 Å². The molecule has 2 aromatic heterocycles. The Morgan fingerprint density at radius 2 is 1.94 bits per heavy atom. The molecule has 0 saturated carbocycles. The van der Waals surface area contributed by atoms with Crippen LogP contribution in [0.3, 0.4) is 0 Å². The summed E-state index contributed by atoms with van der Waals surface area (Å²) in [5.74, 6) is -0.158. The SMILES string of the molecule is COc1cccc(CCNC(=O)c2cc3cccnc3n(Cc3ccccc3F)c2=O)c1. The summed E-state index contributed by atoms with van der Waals surface area (Å²) in [6, 6.07) is 18.8. The van der Waals surface area contributed by atoms with E-state index in [-0.39, 0.29) is 12.1 Å². The number of pyridine rings is 2. The molecule has 0 atom stereocenters. The van der Waals surface area contributed by atoms with Crippen molar-refractivity contribution >= 4 is 16.9 Å². The largest absolute Gasteiger partial charge is 0.497 e. The number of carbonyl (C=O) groups excluding carboxylic acids is 1. The van der Waals surface area contributed by atoms with Crippen molar-refractivity contribution in [1.29, 1.82) is 0 Å². The number of benzene rings is 2. The minimum absolute atomic E-state index is 0.00696. The molecule has 2 aromatic carbocycles. The molecule has 0 fully saturated rings. The number of carbonyl (C=O) groups is 1. The van der Waals surface area contributed by atoms with Gasteiger partial charge in [-0.3, -0.25) is 14.2 Å². The molecule has 1 amide bonds. The lowest BCUT2D eigenvalue weighted by molar-refractivity contribution is 0.0952. The van der Waals surface area contributed by atoms with Crippen molar-refractivity contribution in [3.8, 4) is 5.75 Å². The zero-order valence-electron chi connectivity index (χ0n) is 17.5. The molecule has 7 heteroatoms. The Balaban J connectivity index is 1.60. The molecule has 32 heavy (non-hydrogen) atoms. The van der Waals surface area contributed by atoms with Gasteiger partial charge in [0.2, 0.25) is 0 Å². The molecule has 4 aromatic rings. The summed E-state index contributed by atoms with van der Waals surface area (Å²) >= 11 is 0. The Labute approximate surface area is 184 Å². The summed E-state index contributed by atoms with van der Waals surface area (Å²) in [7, 11) is 1.60. The highest BCUT2D eigenvalue weighted by molar-refractivity contribution is 5.96. The summed E-state index contributed by atoms with van der Waals surface area (Å²) in [6.07, 6.45) is 2.15. The monoisotopic (exact) mass is 431 g/mol. The van der Waals surface area contributed by atoms with Crippen LogP contribution in [0.25, 0.3) is 11.0 Å². The number of nitrogens with one attached hydrogen (secondary N) is 1. The number of hydrogen-bond acceptors (Lipinski definition) is 4. The van der Waals surface area contributed by atoms with Gasteiger partial charge in [-0.2, -0.15) is 0 Å². The van der Waals surface area contributed by atoms with E-state index >= 15 is 0 Å². The first-order chi connectivity index (χ1) is 15.6. The Morgan fingerprint density at radius 3 is 2.75 bits per heavy atom. The van der Waals surface area contributed by atoms with Crippen LogP contribution in [0.2, 0.25) is 0 Å². The summed E-state index contributed by atoms with van der Waals surface area (Å²) < 4.78 is 20.8. The van der Waals surface area contributed by atoms with Gasteiger partial charge in [-0.05, 0) is 48.4 Å². The molecule has 0 aliphatic carbocycles. The van der Waals surface area contributed by atoms with Crippen LogP contribution in [0, 0.1) is 5.82 Å². The highest BCUT2D eigenvalue weighted by atomic mass is 19.1. The molecule has 0 unspecified atom stereocenters.